The number of nitrogens with two attached hydrogens (primary N) is 1. The Hall–Kier alpha value is -1.80. The summed E-state index contributed by atoms with van der Waals surface area (Å²) < 4.78 is 0. The molecule has 1 atom stereocenters. The standard InChI is InChI=1S/C16H20N2/c1-11-4-9-15(12(2)10-11)16(17)13-5-7-14(18-3)8-6-13/h4-10,16,18H,17H2,1-3H3. The summed E-state index contributed by atoms with van der Waals surface area (Å²) in [6, 6.07) is 14.6. The lowest BCUT2D eigenvalue weighted by Gasteiger charge is -2.16. The molecule has 0 aromatic heterocycles. The molecule has 0 amide bonds. The van der Waals surface area contributed by atoms with Gasteiger partial charge < -0.3 is 11.1 Å². The number of hydrogen-bond donors (Lipinski definition) is 2. The zero-order valence-corrected chi connectivity index (χ0v) is 11.2. The number of benzene rings is 2. The van der Waals surface area contributed by atoms with Crippen LogP contribution in [-0.4, -0.2) is 7.05 Å². The number of anilines is 1. The van der Waals surface area contributed by atoms with E-state index >= 15 is 0 Å². The second-order valence-electron chi connectivity index (χ2n) is 4.71. The quantitative estimate of drug-likeness (QED) is 0.863. The third-order valence-electron chi connectivity index (χ3n) is 3.32. The number of nitrogens with one attached hydrogen (secondary N) is 1. The van der Waals surface area contributed by atoms with E-state index in [9.17, 15) is 0 Å². The van der Waals surface area contributed by atoms with E-state index in [0.717, 1.165) is 11.3 Å². The highest BCUT2D eigenvalue weighted by Gasteiger charge is 2.11. The van der Waals surface area contributed by atoms with Gasteiger partial charge in [-0.1, -0.05) is 35.9 Å². The van der Waals surface area contributed by atoms with E-state index in [4.69, 9.17) is 5.73 Å². The molecule has 0 aliphatic carbocycles. The highest BCUT2D eigenvalue weighted by atomic mass is 14.8. The van der Waals surface area contributed by atoms with Crippen LogP contribution in [0.5, 0.6) is 0 Å². The first-order chi connectivity index (χ1) is 8.61. The molecule has 0 aliphatic rings. The number of aryl methyl sites for hydroxylation is 2. The highest BCUT2D eigenvalue weighted by molar-refractivity contribution is 5.46. The summed E-state index contributed by atoms with van der Waals surface area (Å²) in [7, 11) is 1.92. The molecule has 0 heterocycles. The minimum atomic E-state index is -0.0588. The van der Waals surface area contributed by atoms with Crippen molar-refractivity contribution in [1.82, 2.24) is 0 Å². The third kappa shape index (κ3) is 2.54. The van der Waals surface area contributed by atoms with Gasteiger partial charge in [0.15, 0.2) is 0 Å². The van der Waals surface area contributed by atoms with Crippen LogP contribution in [0.2, 0.25) is 0 Å². The molecule has 0 saturated carbocycles. The fourth-order valence-electron chi connectivity index (χ4n) is 2.21. The summed E-state index contributed by atoms with van der Waals surface area (Å²) in [5, 5.41) is 3.11. The van der Waals surface area contributed by atoms with Crippen LogP contribution < -0.4 is 11.1 Å². The van der Waals surface area contributed by atoms with Crippen LogP contribution in [0, 0.1) is 13.8 Å². The molecule has 2 rings (SSSR count). The molecule has 18 heavy (non-hydrogen) atoms. The first-order valence-corrected chi connectivity index (χ1v) is 6.22. The summed E-state index contributed by atoms with van der Waals surface area (Å²) >= 11 is 0. The second kappa shape index (κ2) is 5.23. The van der Waals surface area contributed by atoms with Crippen molar-refractivity contribution in [1.29, 1.82) is 0 Å². The SMILES string of the molecule is CNc1ccc(C(N)c2ccc(C)cc2C)cc1. The van der Waals surface area contributed by atoms with E-state index in [2.05, 4.69) is 61.6 Å². The summed E-state index contributed by atoms with van der Waals surface area (Å²) in [4.78, 5) is 0. The zero-order valence-electron chi connectivity index (χ0n) is 11.2. The Kier molecular flexibility index (Phi) is 3.68. The maximum absolute atomic E-state index is 6.34. The van der Waals surface area contributed by atoms with Crippen LogP contribution in [0.15, 0.2) is 42.5 Å². The predicted molar refractivity (Wildman–Crippen MR) is 77.9 cm³/mol. The lowest BCUT2D eigenvalue weighted by atomic mass is 9.94. The van der Waals surface area contributed by atoms with E-state index in [1.165, 1.54) is 16.7 Å². The van der Waals surface area contributed by atoms with Gasteiger partial charge >= 0.3 is 0 Å². The minimum absolute atomic E-state index is 0.0588. The zero-order chi connectivity index (χ0) is 13.1. The van der Waals surface area contributed by atoms with E-state index < -0.39 is 0 Å². The van der Waals surface area contributed by atoms with Gasteiger partial charge in [0.05, 0.1) is 6.04 Å². The van der Waals surface area contributed by atoms with Crippen molar-refractivity contribution in [2.24, 2.45) is 5.73 Å². The summed E-state index contributed by atoms with van der Waals surface area (Å²) in [6.45, 7) is 4.22. The van der Waals surface area contributed by atoms with Gasteiger partial charge in [-0.05, 0) is 42.7 Å². The summed E-state index contributed by atoms with van der Waals surface area (Å²) in [5.41, 5.74) is 12.3. The molecule has 3 N–H and O–H groups in total. The Morgan fingerprint density at radius 3 is 2.22 bits per heavy atom. The van der Waals surface area contributed by atoms with Crippen LogP contribution in [0.25, 0.3) is 0 Å². The maximum atomic E-state index is 6.34. The van der Waals surface area contributed by atoms with Gasteiger partial charge in [0.2, 0.25) is 0 Å². The largest absolute Gasteiger partial charge is 0.388 e. The van der Waals surface area contributed by atoms with Crippen molar-refractivity contribution in [3.05, 3.63) is 64.7 Å². The Balaban J connectivity index is 2.31. The Labute approximate surface area is 109 Å². The molecule has 94 valence electrons. The molecule has 2 aromatic rings. The fourth-order valence-corrected chi connectivity index (χ4v) is 2.21. The molecular weight excluding hydrogens is 220 g/mol. The van der Waals surface area contributed by atoms with E-state index in [1.54, 1.807) is 0 Å². The number of rotatable bonds is 3. The molecule has 2 aromatic carbocycles. The van der Waals surface area contributed by atoms with Crippen LogP contribution in [0.3, 0.4) is 0 Å². The monoisotopic (exact) mass is 240 g/mol. The first-order valence-electron chi connectivity index (χ1n) is 6.22. The van der Waals surface area contributed by atoms with Crippen molar-refractivity contribution in [3.63, 3.8) is 0 Å². The fraction of sp³-hybridized carbons (Fsp3) is 0.250. The normalized spacial score (nSPS) is 12.2. The minimum Gasteiger partial charge on any atom is -0.388 e. The van der Waals surface area contributed by atoms with Crippen molar-refractivity contribution in [3.8, 4) is 0 Å². The smallest absolute Gasteiger partial charge is 0.0554 e. The van der Waals surface area contributed by atoms with Gasteiger partial charge in [0, 0.05) is 12.7 Å². The molecule has 0 aliphatic heterocycles. The van der Waals surface area contributed by atoms with Crippen LogP contribution in [0.4, 0.5) is 5.69 Å². The average molecular weight is 240 g/mol. The third-order valence-corrected chi connectivity index (χ3v) is 3.32. The first kappa shape index (κ1) is 12.7. The summed E-state index contributed by atoms with van der Waals surface area (Å²) in [6.07, 6.45) is 0. The van der Waals surface area contributed by atoms with E-state index in [-0.39, 0.29) is 6.04 Å². The van der Waals surface area contributed by atoms with Crippen molar-refractivity contribution >= 4 is 5.69 Å². The molecule has 0 spiro atoms. The van der Waals surface area contributed by atoms with Gasteiger partial charge in [-0.3, -0.25) is 0 Å². The number of hydrogen-bond acceptors (Lipinski definition) is 2. The predicted octanol–water partition coefficient (Wildman–Crippen LogP) is 3.39. The molecule has 0 fully saturated rings. The Morgan fingerprint density at radius 1 is 1.00 bits per heavy atom. The highest BCUT2D eigenvalue weighted by Crippen LogP contribution is 2.24. The maximum Gasteiger partial charge on any atom is 0.0554 e. The second-order valence-corrected chi connectivity index (χ2v) is 4.71. The molecular formula is C16H20N2. The molecule has 2 nitrogen and oxygen atoms in total. The van der Waals surface area contributed by atoms with Crippen molar-refractivity contribution < 1.29 is 0 Å². The Bertz CT molecular complexity index is 529. The molecule has 2 heteroatoms. The van der Waals surface area contributed by atoms with E-state index in [1.807, 2.05) is 7.05 Å². The van der Waals surface area contributed by atoms with Gasteiger partial charge in [-0.2, -0.15) is 0 Å². The molecule has 1 unspecified atom stereocenters. The molecule has 0 saturated heterocycles. The Morgan fingerprint density at radius 2 is 1.67 bits per heavy atom. The van der Waals surface area contributed by atoms with Gasteiger partial charge in [0.1, 0.15) is 0 Å². The lowest BCUT2D eigenvalue weighted by molar-refractivity contribution is 0.861. The van der Waals surface area contributed by atoms with Crippen molar-refractivity contribution in [2.45, 2.75) is 19.9 Å². The molecule has 0 radical (unpaired) electrons. The topological polar surface area (TPSA) is 38.0 Å². The van der Waals surface area contributed by atoms with Gasteiger partial charge in [-0.15, -0.1) is 0 Å². The summed E-state index contributed by atoms with van der Waals surface area (Å²) in [5.74, 6) is 0. The van der Waals surface area contributed by atoms with Crippen LogP contribution in [-0.2, 0) is 0 Å². The van der Waals surface area contributed by atoms with E-state index in [0.29, 0.717) is 0 Å². The average Bonchev–Trinajstić information content (AvgIpc) is 2.38. The van der Waals surface area contributed by atoms with Crippen LogP contribution in [0.1, 0.15) is 28.3 Å². The van der Waals surface area contributed by atoms with Gasteiger partial charge in [0.25, 0.3) is 0 Å². The van der Waals surface area contributed by atoms with Gasteiger partial charge in [-0.25, -0.2) is 0 Å². The van der Waals surface area contributed by atoms with Crippen molar-refractivity contribution in [2.75, 3.05) is 12.4 Å². The molecule has 0 bridgehead atoms. The van der Waals surface area contributed by atoms with Crippen LogP contribution >= 0.6 is 0 Å². The lowest BCUT2D eigenvalue weighted by Crippen LogP contribution is -2.13.